The fourth-order valence-corrected chi connectivity index (χ4v) is 2.33. The average Bonchev–Trinajstić information content (AvgIpc) is 2.53. The van der Waals surface area contributed by atoms with E-state index in [1.165, 1.54) is 0 Å². The predicted octanol–water partition coefficient (Wildman–Crippen LogP) is 2.27. The summed E-state index contributed by atoms with van der Waals surface area (Å²) in [5.74, 6) is 1.34. The molecule has 0 spiro atoms. The number of hydrogen-bond donors (Lipinski definition) is 1. The van der Waals surface area contributed by atoms with Crippen molar-refractivity contribution in [3.05, 3.63) is 29.8 Å². The Kier molecular flexibility index (Phi) is 2.27. The minimum Gasteiger partial charge on any atom is -0.507 e. The molecular formula is C10H11NOS. The molecule has 1 aromatic rings. The Morgan fingerprint density at radius 1 is 1.46 bits per heavy atom. The van der Waals surface area contributed by atoms with Gasteiger partial charge >= 0.3 is 0 Å². The lowest BCUT2D eigenvalue weighted by Gasteiger charge is -2.01. The number of hydrogen-bond acceptors (Lipinski definition) is 3. The van der Waals surface area contributed by atoms with Crippen molar-refractivity contribution in [2.75, 3.05) is 5.75 Å². The van der Waals surface area contributed by atoms with E-state index < -0.39 is 0 Å². The second-order valence-electron chi connectivity index (χ2n) is 3.11. The number of rotatable bonds is 1. The Labute approximate surface area is 81.7 Å². The number of thioether (sulfide) groups is 1. The molecule has 0 amide bonds. The molecule has 13 heavy (non-hydrogen) atoms. The second-order valence-corrected chi connectivity index (χ2v) is 4.12. The molecule has 68 valence electrons. The van der Waals surface area contributed by atoms with Gasteiger partial charge in [-0.15, -0.1) is 11.8 Å². The van der Waals surface area contributed by atoms with Crippen LogP contribution >= 0.6 is 11.8 Å². The molecule has 0 saturated carbocycles. The van der Waals surface area contributed by atoms with Gasteiger partial charge in [0.2, 0.25) is 0 Å². The Morgan fingerprint density at radius 2 is 2.23 bits per heavy atom. The molecule has 1 unspecified atom stereocenters. The van der Waals surface area contributed by atoms with Crippen LogP contribution in [0.4, 0.5) is 0 Å². The van der Waals surface area contributed by atoms with E-state index in [0.717, 1.165) is 16.4 Å². The van der Waals surface area contributed by atoms with E-state index in [9.17, 15) is 5.11 Å². The molecule has 1 N–H and O–H groups in total. The van der Waals surface area contributed by atoms with Crippen LogP contribution in [0.5, 0.6) is 5.75 Å². The molecule has 0 saturated heterocycles. The number of aliphatic imine (C=N–C) groups is 1. The summed E-state index contributed by atoms with van der Waals surface area (Å²) in [6.07, 6.45) is 0. The molecule has 3 heteroatoms. The highest BCUT2D eigenvalue weighted by Gasteiger charge is 2.17. The van der Waals surface area contributed by atoms with Gasteiger partial charge < -0.3 is 5.11 Å². The van der Waals surface area contributed by atoms with Crippen molar-refractivity contribution < 1.29 is 5.11 Å². The molecule has 1 aliphatic rings. The highest BCUT2D eigenvalue weighted by molar-refractivity contribution is 8.14. The van der Waals surface area contributed by atoms with E-state index in [4.69, 9.17) is 0 Å². The van der Waals surface area contributed by atoms with E-state index in [1.807, 2.05) is 18.2 Å². The molecule has 1 heterocycles. The lowest BCUT2D eigenvalue weighted by atomic mass is 10.2. The fourth-order valence-electron chi connectivity index (χ4n) is 1.28. The maximum Gasteiger partial charge on any atom is 0.125 e. The Balaban J connectivity index is 2.36. The molecule has 1 atom stereocenters. The normalized spacial score (nSPS) is 21.6. The maximum atomic E-state index is 9.56. The highest BCUT2D eigenvalue weighted by atomic mass is 32.2. The van der Waals surface area contributed by atoms with Crippen molar-refractivity contribution in [3.8, 4) is 5.75 Å². The second kappa shape index (κ2) is 3.42. The van der Waals surface area contributed by atoms with Crippen LogP contribution < -0.4 is 0 Å². The predicted molar refractivity (Wildman–Crippen MR) is 56.6 cm³/mol. The zero-order chi connectivity index (χ0) is 9.26. The fraction of sp³-hybridized carbons (Fsp3) is 0.300. The third-order valence-corrected chi connectivity index (χ3v) is 3.18. The summed E-state index contributed by atoms with van der Waals surface area (Å²) in [5.41, 5.74) is 0.858. The van der Waals surface area contributed by atoms with Crippen molar-refractivity contribution in [3.63, 3.8) is 0 Å². The summed E-state index contributed by atoms with van der Waals surface area (Å²) in [6, 6.07) is 7.71. The Morgan fingerprint density at radius 3 is 2.85 bits per heavy atom. The van der Waals surface area contributed by atoms with Crippen molar-refractivity contribution in [2.45, 2.75) is 13.0 Å². The Bertz CT molecular complexity index is 349. The highest BCUT2D eigenvalue weighted by Crippen LogP contribution is 2.27. The van der Waals surface area contributed by atoms with Gasteiger partial charge in [0, 0.05) is 11.3 Å². The molecule has 0 radical (unpaired) electrons. The number of para-hydroxylation sites is 1. The molecule has 0 bridgehead atoms. The summed E-state index contributed by atoms with van der Waals surface area (Å²) in [5, 5.41) is 10.5. The molecular weight excluding hydrogens is 182 g/mol. The standard InChI is InChI=1S/C10H11NOS/c1-7-6-13-10(11-7)8-4-2-3-5-9(8)12/h2-5,7,12H,6H2,1H3. The van der Waals surface area contributed by atoms with Crippen LogP contribution in [0.25, 0.3) is 0 Å². The summed E-state index contributed by atoms with van der Waals surface area (Å²) >= 11 is 1.71. The largest absolute Gasteiger partial charge is 0.507 e. The van der Waals surface area contributed by atoms with Gasteiger partial charge in [0.15, 0.2) is 0 Å². The van der Waals surface area contributed by atoms with Gasteiger partial charge in [0.1, 0.15) is 10.8 Å². The SMILES string of the molecule is CC1CSC(c2ccccc2O)=N1. The van der Waals surface area contributed by atoms with Crippen LogP contribution in [0.15, 0.2) is 29.3 Å². The van der Waals surface area contributed by atoms with Crippen molar-refractivity contribution in [1.29, 1.82) is 0 Å². The minimum absolute atomic E-state index is 0.322. The third kappa shape index (κ3) is 1.70. The van der Waals surface area contributed by atoms with Gasteiger partial charge in [0.05, 0.1) is 6.04 Å². The lowest BCUT2D eigenvalue weighted by molar-refractivity contribution is 0.474. The van der Waals surface area contributed by atoms with Crippen molar-refractivity contribution in [2.24, 2.45) is 4.99 Å². The third-order valence-electron chi connectivity index (χ3n) is 1.93. The maximum absolute atomic E-state index is 9.56. The summed E-state index contributed by atoms with van der Waals surface area (Å²) in [6.45, 7) is 2.08. The monoisotopic (exact) mass is 193 g/mol. The zero-order valence-electron chi connectivity index (χ0n) is 7.40. The summed E-state index contributed by atoms with van der Waals surface area (Å²) in [7, 11) is 0. The molecule has 2 nitrogen and oxygen atoms in total. The first-order chi connectivity index (χ1) is 6.27. The summed E-state index contributed by atoms with van der Waals surface area (Å²) < 4.78 is 0. The van der Waals surface area contributed by atoms with Crippen LogP contribution in [0.2, 0.25) is 0 Å². The zero-order valence-corrected chi connectivity index (χ0v) is 8.21. The van der Waals surface area contributed by atoms with E-state index in [1.54, 1.807) is 17.8 Å². The molecule has 0 fully saturated rings. The summed E-state index contributed by atoms with van der Waals surface area (Å²) in [4.78, 5) is 4.44. The van der Waals surface area contributed by atoms with E-state index >= 15 is 0 Å². The first-order valence-corrected chi connectivity index (χ1v) is 5.25. The first-order valence-electron chi connectivity index (χ1n) is 4.26. The topological polar surface area (TPSA) is 32.6 Å². The van der Waals surface area contributed by atoms with Gasteiger partial charge in [-0.05, 0) is 19.1 Å². The van der Waals surface area contributed by atoms with Gasteiger partial charge in [-0.3, -0.25) is 4.99 Å². The Hall–Kier alpha value is -0.960. The molecule has 2 rings (SSSR count). The average molecular weight is 193 g/mol. The lowest BCUT2D eigenvalue weighted by Crippen LogP contribution is -1.93. The number of aromatic hydroxyl groups is 1. The quantitative estimate of drug-likeness (QED) is 0.742. The number of phenols is 1. The number of benzene rings is 1. The molecule has 0 aliphatic carbocycles. The van der Waals surface area contributed by atoms with Gasteiger partial charge in [0.25, 0.3) is 0 Å². The van der Waals surface area contributed by atoms with Crippen LogP contribution in [0.3, 0.4) is 0 Å². The number of phenolic OH excluding ortho intramolecular Hbond substituents is 1. The van der Waals surface area contributed by atoms with Crippen LogP contribution in [-0.4, -0.2) is 21.9 Å². The molecule has 1 aromatic carbocycles. The van der Waals surface area contributed by atoms with E-state index in [-0.39, 0.29) is 0 Å². The van der Waals surface area contributed by atoms with Gasteiger partial charge in [-0.1, -0.05) is 12.1 Å². The van der Waals surface area contributed by atoms with E-state index in [0.29, 0.717) is 11.8 Å². The minimum atomic E-state index is 0.322. The number of nitrogens with zero attached hydrogens (tertiary/aromatic N) is 1. The molecule has 0 aromatic heterocycles. The van der Waals surface area contributed by atoms with E-state index in [2.05, 4.69) is 11.9 Å². The van der Waals surface area contributed by atoms with Crippen molar-refractivity contribution in [1.82, 2.24) is 0 Å². The molecule has 1 aliphatic heterocycles. The first kappa shape index (κ1) is 8.63. The van der Waals surface area contributed by atoms with Gasteiger partial charge in [-0.2, -0.15) is 0 Å². The van der Waals surface area contributed by atoms with Crippen LogP contribution in [0, 0.1) is 0 Å². The van der Waals surface area contributed by atoms with Gasteiger partial charge in [-0.25, -0.2) is 0 Å². The van der Waals surface area contributed by atoms with Crippen LogP contribution in [-0.2, 0) is 0 Å². The van der Waals surface area contributed by atoms with Crippen molar-refractivity contribution >= 4 is 16.8 Å². The van der Waals surface area contributed by atoms with Crippen LogP contribution in [0.1, 0.15) is 12.5 Å². The smallest absolute Gasteiger partial charge is 0.125 e.